The molecule has 0 aliphatic carbocycles. The summed E-state index contributed by atoms with van der Waals surface area (Å²) in [5.41, 5.74) is 11.0. The Morgan fingerprint density at radius 2 is 1.61 bits per heavy atom. The highest BCUT2D eigenvalue weighted by molar-refractivity contribution is 6.58. The summed E-state index contributed by atoms with van der Waals surface area (Å²) in [5.74, 6) is 2.20. The van der Waals surface area contributed by atoms with E-state index in [-0.39, 0.29) is 36.2 Å². The number of para-hydroxylation sites is 1. The van der Waals surface area contributed by atoms with E-state index >= 15 is 8.63 Å². The second-order valence-electron chi connectivity index (χ2n) is 15.8. The van der Waals surface area contributed by atoms with E-state index in [2.05, 4.69) is 25.1 Å². The predicted octanol–water partition coefficient (Wildman–Crippen LogP) is 8.27. The molecule has 2 aromatic heterocycles. The molecule has 1 fully saturated rings. The van der Waals surface area contributed by atoms with Crippen molar-refractivity contribution in [1.29, 1.82) is 0 Å². The average molecular weight is 839 g/mol. The van der Waals surface area contributed by atoms with Gasteiger partial charge in [0.2, 0.25) is 11.8 Å². The Kier molecular flexibility index (Phi) is 12.5. The summed E-state index contributed by atoms with van der Waals surface area (Å²) >= 11 is 0. The van der Waals surface area contributed by atoms with Crippen molar-refractivity contribution in [3.8, 4) is 34.3 Å². The number of carbonyl (C=O) groups is 2. The van der Waals surface area contributed by atoms with Crippen molar-refractivity contribution in [3.63, 3.8) is 0 Å². The first-order valence-electron chi connectivity index (χ1n) is 20.9. The molecule has 3 aromatic carbocycles. The number of Topliss-reactive ketones (excluding diaryl/α,β-unsaturated/α-hetero) is 1. The van der Waals surface area contributed by atoms with E-state index in [1.165, 1.54) is 12.4 Å². The maximum absolute atomic E-state index is 15.7. The molecular weight excluding hydrogens is 789 g/mol. The normalized spacial score (nSPS) is 16.0. The second-order valence-corrected chi connectivity index (χ2v) is 15.8. The standard InChI is InChI=1S/C47H49BF2N8O4/c1-33-29-34(2)57-43(33)31-38-18-17-37(58(38)48(57,49)50)19-20-39(59)10-7-23-55-25-27-56(28-26-55)24-8-14-44(60)54-36-9-6-13-42(30-36)62-47-45(46(51)52-32-53-47)35-15-21-41(22-16-35)61-40-11-4-3-5-12-40/h3-6,8-9,11-18,21-22,29-32H,7,10,19-20,23-28H2,1-2H3,(H,54,60)(H2,51,52,53)/b14-8+. The van der Waals surface area contributed by atoms with Crippen LogP contribution in [0.5, 0.6) is 23.1 Å². The predicted molar refractivity (Wildman–Crippen MR) is 239 cm³/mol. The minimum Gasteiger partial charge on any atom is -0.457 e. The fourth-order valence-electron chi connectivity index (χ4n) is 8.27. The van der Waals surface area contributed by atoms with E-state index in [1.807, 2.05) is 67.6 Å². The van der Waals surface area contributed by atoms with E-state index in [0.717, 1.165) is 65.0 Å². The number of carbonyl (C=O) groups excluding carboxylic acids is 2. The number of hydrogen-bond acceptors (Lipinski definition) is 9. The number of ether oxygens (including phenoxy) is 2. The first-order chi connectivity index (χ1) is 30.0. The molecular formula is C47H49BF2N8O4. The van der Waals surface area contributed by atoms with Gasteiger partial charge in [0.15, 0.2) is 5.70 Å². The summed E-state index contributed by atoms with van der Waals surface area (Å²) in [7, 11) is 0. The van der Waals surface area contributed by atoms with Crippen molar-refractivity contribution < 1.29 is 32.2 Å². The molecule has 0 radical (unpaired) electrons. The van der Waals surface area contributed by atoms with Crippen molar-refractivity contribution in [1.82, 2.24) is 24.2 Å². The number of halogens is 2. The zero-order chi connectivity index (χ0) is 43.2. The lowest BCUT2D eigenvalue weighted by atomic mass is 9.90. The highest BCUT2D eigenvalue weighted by Gasteiger charge is 2.52. The minimum absolute atomic E-state index is 0.0870. The van der Waals surface area contributed by atoms with Gasteiger partial charge in [0, 0.05) is 93.7 Å². The number of anilines is 2. The molecule has 3 aliphatic heterocycles. The number of aromatic nitrogens is 3. The molecule has 0 spiro atoms. The van der Waals surface area contributed by atoms with E-state index < -0.39 is 6.97 Å². The third-order valence-corrected chi connectivity index (χ3v) is 11.4. The number of nitrogens with zero attached hydrogens (tertiary/aromatic N) is 6. The lowest BCUT2D eigenvalue weighted by molar-refractivity contribution is -0.362. The van der Waals surface area contributed by atoms with Gasteiger partial charge in [-0.3, -0.25) is 14.5 Å². The van der Waals surface area contributed by atoms with Crippen LogP contribution in [0.1, 0.15) is 42.6 Å². The molecule has 15 heteroatoms. The SMILES string of the molecule is Cc1cc(C)n2c1C=C1C=CC(CCC(=O)CCCN3CCN(C/C=C/C(=O)Nc4cccc(Oc5ncnc(N)c5-c5ccc(Oc6ccccc6)cc5)c4)CC3)=[N+]1[B-]2(F)F. The third-order valence-electron chi connectivity index (χ3n) is 11.4. The number of benzene rings is 3. The van der Waals surface area contributed by atoms with Crippen LogP contribution >= 0.6 is 0 Å². The average Bonchev–Trinajstić information content (AvgIpc) is 3.81. The van der Waals surface area contributed by atoms with Gasteiger partial charge in [-0.1, -0.05) is 42.5 Å². The quantitative estimate of drug-likeness (QED) is 0.0745. The number of allylic oxidation sites excluding steroid dienone is 2. The Balaban J connectivity index is 0.753. The molecule has 318 valence electrons. The molecule has 1 saturated heterocycles. The third kappa shape index (κ3) is 9.59. The molecule has 0 atom stereocenters. The Morgan fingerprint density at radius 3 is 2.40 bits per heavy atom. The molecule has 3 N–H and O–H groups in total. The first-order valence-corrected chi connectivity index (χ1v) is 20.9. The Labute approximate surface area is 359 Å². The van der Waals surface area contributed by atoms with Crippen molar-refractivity contribution in [3.05, 3.63) is 138 Å². The Hall–Kier alpha value is -6.71. The molecule has 0 bridgehead atoms. The van der Waals surface area contributed by atoms with Gasteiger partial charge in [-0.2, -0.15) is 0 Å². The molecule has 12 nitrogen and oxygen atoms in total. The molecule has 62 heavy (non-hydrogen) atoms. The van der Waals surface area contributed by atoms with Crippen LogP contribution in [-0.2, 0) is 9.59 Å². The zero-order valence-electron chi connectivity index (χ0n) is 34.8. The van der Waals surface area contributed by atoms with Crippen LogP contribution in [0.4, 0.5) is 20.1 Å². The molecule has 8 rings (SSSR count). The number of nitrogens with two attached hydrogens (primary N) is 1. The summed E-state index contributed by atoms with van der Waals surface area (Å²) in [6.07, 6.45) is 11.7. The first kappa shape index (κ1) is 42.0. The van der Waals surface area contributed by atoms with Crippen LogP contribution in [0.25, 0.3) is 17.2 Å². The van der Waals surface area contributed by atoms with Crippen LogP contribution in [0.3, 0.4) is 0 Å². The largest absolute Gasteiger partial charge is 0.737 e. The van der Waals surface area contributed by atoms with Crippen LogP contribution in [0, 0.1) is 13.8 Å². The number of aryl methyl sites for hydroxylation is 2. The number of nitrogens with one attached hydrogen (secondary N) is 1. The number of rotatable bonds is 16. The van der Waals surface area contributed by atoms with E-state index in [0.29, 0.717) is 58.5 Å². The van der Waals surface area contributed by atoms with Crippen molar-refractivity contribution in [2.75, 3.05) is 50.3 Å². The molecule has 5 heterocycles. The number of piperazine rings is 1. The monoisotopic (exact) mass is 838 g/mol. The molecule has 3 aliphatic rings. The highest BCUT2D eigenvalue weighted by Crippen LogP contribution is 2.37. The summed E-state index contributed by atoms with van der Waals surface area (Å²) in [6.45, 7) is 4.37. The van der Waals surface area contributed by atoms with Gasteiger partial charge in [0.05, 0.1) is 5.56 Å². The van der Waals surface area contributed by atoms with Crippen molar-refractivity contribution >= 4 is 42.0 Å². The van der Waals surface area contributed by atoms with E-state index in [9.17, 15) is 9.59 Å². The minimum atomic E-state index is -4.02. The van der Waals surface area contributed by atoms with Gasteiger partial charge < -0.3 is 43.0 Å². The smallest absolute Gasteiger partial charge is 0.457 e. The van der Waals surface area contributed by atoms with Gasteiger partial charge in [-0.15, -0.1) is 0 Å². The summed E-state index contributed by atoms with van der Waals surface area (Å²) in [5, 5.41) is 2.90. The van der Waals surface area contributed by atoms with Crippen molar-refractivity contribution in [2.24, 2.45) is 0 Å². The van der Waals surface area contributed by atoms with E-state index in [4.69, 9.17) is 15.2 Å². The highest BCUT2D eigenvalue weighted by atomic mass is 19.2. The maximum atomic E-state index is 15.7. The number of hydrogen-bond donors (Lipinski definition) is 2. The molecule has 0 unspecified atom stereocenters. The second kappa shape index (κ2) is 18.5. The lowest BCUT2D eigenvalue weighted by Gasteiger charge is -2.34. The van der Waals surface area contributed by atoms with Gasteiger partial charge in [-0.05, 0) is 86.1 Å². The zero-order valence-corrected chi connectivity index (χ0v) is 34.8. The lowest BCUT2D eigenvalue weighted by Crippen LogP contribution is -2.50. The summed E-state index contributed by atoms with van der Waals surface area (Å²) in [6, 6.07) is 25.7. The molecule has 1 amide bonds. The maximum Gasteiger partial charge on any atom is 0.737 e. The van der Waals surface area contributed by atoms with E-state index in [1.54, 1.807) is 55.5 Å². The van der Waals surface area contributed by atoms with Crippen LogP contribution in [0.2, 0.25) is 0 Å². The fraction of sp³-hybridized carbons (Fsp3) is 0.255. The van der Waals surface area contributed by atoms with Crippen molar-refractivity contribution in [2.45, 2.75) is 39.5 Å². The van der Waals surface area contributed by atoms with Gasteiger partial charge in [0.1, 0.15) is 40.9 Å². The summed E-state index contributed by atoms with van der Waals surface area (Å²) in [4.78, 5) is 38.8. The number of amides is 1. The summed E-state index contributed by atoms with van der Waals surface area (Å²) < 4.78 is 45.8. The molecule has 5 aromatic rings. The molecule has 0 saturated carbocycles. The van der Waals surface area contributed by atoms with Gasteiger partial charge in [0.25, 0.3) is 0 Å². The number of fused-ring (bicyclic) bond motifs is 2. The van der Waals surface area contributed by atoms with Gasteiger partial charge >= 0.3 is 6.97 Å². The number of nitrogen functional groups attached to an aromatic ring is 1. The van der Waals surface area contributed by atoms with Crippen LogP contribution in [0.15, 0.2) is 121 Å². The topological polar surface area (TPSA) is 131 Å². The van der Waals surface area contributed by atoms with Crippen LogP contribution in [-0.4, -0.2) is 92.4 Å². The Bertz CT molecular complexity index is 2580. The Morgan fingerprint density at radius 1 is 0.871 bits per heavy atom. The van der Waals surface area contributed by atoms with Gasteiger partial charge in [-0.25, -0.2) is 9.97 Å². The number of ketones is 1. The van der Waals surface area contributed by atoms with Crippen LogP contribution < -0.4 is 20.5 Å². The fourth-order valence-corrected chi connectivity index (χ4v) is 8.27.